The molecule has 8 nitrogen and oxygen atoms in total. The van der Waals surface area contributed by atoms with Gasteiger partial charge in [0.25, 0.3) is 5.56 Å². The van der Waals surface area contributed by atoms with Gasteiger partial charge in [-0.05, 0) is 46.7 Å². The number of aliphatic hydroxyl groups excluding tert-OH is 1. The molecule has 2 aromatic heterocycles. The van der Waals surface area contributed by atoms with Gasteiger partial charge in [0, 0.05) is 6.54 Å². The average Bonchev–Trinajstić information content (AvgIpc) is 2.96. The lowest BCUT2D eigenvalue weighted by Gasteiger charge is -2.23. The average molecular weight is 426 g/mol. The molecule has 0 saturated heterocycles. The number of nitrogens with one attached hydrogen (secondary N) is 1. The number of esters is 1. The van der Waals surface area contributed by atoms with Crippen LogP contribution in [0.25, 0.3) is 10.2 Å². The van der Waals surface area contributed by atoms with Gasteiger partial charge in [-0.15, -0.1) is 11.3 Å². The van der Waals surface area contributed by atoms with Crippen molar-refractivity contribution in [3.8, 4) is 0 Å². The van der Waals surface area contributed by atoms with E-state index in [0.29, 0.717) is 46.1 Å². The van der Waals surface area contributed by atoms with Crippen LogP contribution in [-0.4, -0.2) is 64.0 Å². The quantitative estimate of drug-likeness (QED) is 0.563. The highest BCUT2D eigenvalue weighted by atomic mass is 32.1. The Kier molecular flexibility index (Phi) is 8.33. The van der Waals surface area contributed by atoms with Gasteiger partial charge in [-0.3, -0.25) is 9.69 Å². The number of aromatic nitrogens is 2. The van der Waals surface area contributed by atoms with Crippen LogP contribution in [0.4, 0.5) is 0 Å². The van der Waals surface area contributed by atoms with Gasteiger partial charge in [0.1, 0.15) is 15.5 Å². The van der Waals surface area contributed by atoms with E-state index in [9.17, 15) is 14.7 Å². The summed E-state index contributed by atoms with van der Waals surface area (Å²) in [5.41, 5.74) is 0.312. The maximum atomic E-state index is 12.6. The van der Waals surface area contributed by atoms with E-state index in [1.54, 1.807) is 20.8 Å². The van der Waals surface area contributed by atoms with Gasteiger partial charge in [0.15, 0.2) is 0 Å². The van der Waals surface area contributed by atoms with Crippen molar-refractivity contribution >= 4 is 27.5 Å². The molecule has 0 unspecified atom stereocenters. The fourth-order valence-electron chi connectivity index (χ4n) is 2.90. The van der Waals surface area contributed by atoms with E-state index < -0.39 is 12.1 Å². The fraction of sp³-hybridized carbons (Fsp3) is 0.650. The Hall–Kier alpha value is -1.81. The van der Waals surface area contributed by atoms with Gasteiger partial charge < -0.3 is 19.6 Å². The zero-order valence-electron chi connectivity index (χ0n) is 17.9. The second-order valence-corrected chi connectivity index (χ2v) is 8.57. The molecule has 0 aromatic carbocycles. The molecule has 162 valence electrons. The Balaban J connectivity index is 2.21. The molecule has 2 aromatic rings. The van der Waals surface area contributed by atoms with Gasteiger partial charge in [0.05, 0.1) is 36.8 Å². The summed E-state index contributed by atoms with van der Waals surface area (Å²) >= 11 is 1.17. The summed E-state index contributed by atoms with van der Waals surface area (Å²) in [7, 11) is 0. The Morgan fingerprint density at radius 3 is 2.55 bits per heavy atom. The first-order chi connectivity index (χ1) is 13.6. The van der Waals surface area contributed by atoms with E-state index >= 15 is 0 Å². The van der Waals surface area contributed by atoms with Crippen LogP contribution in [-0.2, 0) is 16.0 Å². The highest BCUT2D eigenvalue weighted by molar-refractivity contribution is 7.20. The molecule has 0 saturated carbocycles. The number of nitrogens with zero attached hydrogens (tertiary/aromatic N) is 2. The molecular weight excluding hydrogens is 394 g/mol. The molecule has 0 bridgehead atoms. The lowest BCUT2D eigenvalue weighted by atomic mass is 10.2. The SMILES string of the molecule is CCN(Cc1nc2sc(C(=O)OC(C)C)c(C)c2c(=O)[nH]1)C[C@@H](O)COC(C)C. The number of hydrogen-bond acceptors (Lipinski definition) is 8. The van der Waals surface area contributed by atoms with Crippen LogP contribution in [0.2, 0.25) is 0 Å². The Morgan fingerprint density at radius 1 is 1.28 bits per heavy atom. The second-order valence-electron chi connectivity index (χ2n) is 7.57. The van der Waals surface area contributed by atoms with Crippen molar-refractivity contribution in [1.82, 2.24) is 14.9 Å². The van der Waals surface area contributed by atoms with Gasteiger partial charge in [0.2, 0.25) is 0 Å². The molecule has 0 amide bonds. The Morgan fingerprint density at radius 2 is 1.97 bits per heavy atom. The van der Waals surface area contributed by atoms with Crippen LogP contribution in [0.15, 0.2) is 4.79 Å². The highest BCUT2D eigenvalue weighted by Gasteiger charge is 2.22. The number of thiophene rings is 1. The summed E-state index contributed by atoms with van der Waals surface area (Å²) in [6.07, 6.45) is -0.814. The van der Waals surface area contributed by atoms with E-state index in [2.05, 4.69) is 9.97 Å². The van der Waals surface area contributed by atoms with Crippen molar-refractivity contribution in [2.45, 2.75) is 66.4 Å². The maximum Gasteiger partial charge on any atom is 0.348 e. The van der Waals surface area contributed by atoms with Crippen molar-refractivity contribution in [1.29, 1.82) is 0 Å². The first-order valence-corrected chi connectivity index (χ1v) is 10.7. The molecule has 0 radical (unpaired) electrons. The molecule has 29 heavy (non-hydrogen) atoms. The highest BCUT2D eigenvalue weighted by Crippen LogP contribution is 2.28. The molecule has 0 aliphatic rings. The molecular formula is C20H31N3O5S. The van der Waals surface area contributed by atoms with Crippen LogP contribution in [0.1, 0.15) is 55.7 Å². The summed E-state index contributed by atoms with van der Waals surface area (Å²) in [4.78, 5) is 35.2. The first-order valence-electron chi connectivity index (χ1n) is 9.87. The number of hydrogen-bond donors (Lipinski definition) is 2. The summed E-state index contributed by atoms with van der Waals surface area (Å²) in [5.74, 6) is 0.0521. The number of rotatable bonds is 10. The molecule has 1 atom stereocenters. The van der Waals surface area contributed by atoms with Crippen LogP contribution in [0.3, 0.4) is 0 Å². The Bertz CT molecular complexity index is 890. The molecule has 0 spiro atoms. The van der Waals surface area contributed by atoms with Crippen molar-refractivity contribution in [3.05, 3.63) is 26.6 Å². The van der Waals surface area contributed by atoms with Gasteiger partial charge in [-0.25, -0.2) is 9.78 Å². The van der Waals surface area contributed by atoms with Crippen molar-refractivity contribution in [3.63, 3.8) is 0 Å². The Labute approximate surface area is 174 Å². The number of aliphatic hydroxyl groups is 1. The number of aryl methyl sites for hydroxylation is 1. The number of ether oxygens (including phenoxy) is 2. The lowest BCUT2D eigenvalue weighted by molar-refractivity contribution is -0.00912. The second kappa shape index (κ2) is 10.3. The third-order valence-corrected chi connectivity index (χ3v) is 5.45. The van der Waals surface area contributed by atoms with Gasteiger partial charge in [-0.1, -0.05) is 6.92 Å². The van der Waals surface area contributed by atoms with E-state index in [1.807, 2.05) is 25.7 Å². The molecule has 0 aliphatic carbocycles. The predicted octanol–water partition coefficient (Wildman–Crippen LogP) is 2.47. The zero-order chi connectivity index (χ0) is 21.7. The van der Waals surface area contributed by atoms with Crippen molar-refractivity contribution in [2.24, 2.45) is 0 Å². The monoisotopic (exact) mass is 425 g/mol. The third-order valence-electron chi connectivity index (χ3n) is 4.29. The maximum absolute atomic E-state index is 12.6. The molecule has 9 heteroatoms. The van der Waals surface area contributed by atoms with Crippen LogP contribution >= 0.6 is 11.3 Å². The van der Waals surface area contributed by atoms with E-state index in [1.165, 1.54) is 11.3 Å². The molecule has 2 heterocycles. The van der Waals surface area contributed by atoms with Crippen molar-refractivity contribution in [2.75, 3.05) is 19.7 Å². The fourth-order valence-corrected chi connectivity index (χ4v) is 3.98. The number of aromatic amines is 1. The first kappa shape index (κ1) is 23.5. The van der Waals surface area contributed by atoms with Gasteiger partial charge >= 0.3 is 5.97 Å². The zero-order valence-corrected chi connectivity index (χ0v) is 18.8. The number of fused-ring (bicyclic) bond motifs is 1. The summed E-state index contributed by atoms with van der Waals surface area (Å²) in [6.45, 7) is 12.8. The number of carbonyl (C=O) groups excluding carboxylic acids is 1. The van der Waals surface area contributed by atoms with Gasteiger partial charge in [-0.2, -0.15) is 0 Å². The molecule has 0 fully saturated rings. The molecule has 0 aliphatic heterocycles. The normalized spacial score (nSPS) is 13.0. The number of H-pyrrole nitrogens is 1. The molecule has 2 rings (SSSR count). The standard InChI is InChI=1S/C20H31N3O5S/c1-7-23(8-14(24)10-27-11(2)3)9-15-21-18(25)16-13(6)17(29-19(16)22-15)20(26)28-12(4)5/h11-12,14,24H,7-10H2,1-6H3,(H,21,22,25)/t14-/m1/s1. The molecule has 2 N–H and O–H groups in total. The lowest BCUT2D eigenvalue weighted by Crippen LogP contribution is -2.35. The van der Waals surface area contributed by atoms with Crippen molar-refractivity contribution < 1.29 is 19.4 Å². The minimum absolute atomic E-state index is 0.0544. The third kappa shape index (κ3) is 6.33. The minimum atomic E-state index is -0.630. The summed E-state index contributed by atoms with van der Waals surface area (Å²) in [5, 5.41) is 10.6. The van der Waals surface area contributed by atoms with Crippen LogP contribution < -0.4 is 5.56 Å². The summed E-state index contributed by atoms with van der Waals surface area (Å²) < 4.78 is 10.7. The van der Waals surface area contributed by atoms with E-state index in [-0.39, 0.29) is 24.4 Å². The van der Waals surface area contributed by atoms with Crippen LogP contribution in [0.5, 0.6) is 0 Å². The van der Waals surface area contributed by atoms with Crippen LogP contribution in [0, 0.1) is 6.92 Å². The number of carbonyl (C=O) groups is 1. The summed E-state index contributed by atoms with van der Waals surface area (Å²) in [6, 6.07) is 0. The predicted molar refractivity (Wildman–Crippen MR) is 114 cm³/mol. The minimum Gasteiger partial charge on any atom is -0.459 e. The topological polar surface area (TPSA) is 105 Å². The largest absolute Gasteiger partial charge is 0.459 e. The number of likely N-dealkylation sites (N-methyl/N-ethyl adjacent to an activating group) is 1. The van der Waals surface area contributed by atoms with E-state index in [0.717, 1.165) is 0 Å². The van der Waals surface area contributed by atoms with E-state index in [4.69, 9.17) is 9.47 Å². The smallest absolute Gasteiger partial charge is 0.348 e.